The van der Waals surface area contributed by atoms with E-state index in [4.69, 9.17) is 9.47 Å². The van der Waals surface area contributed by atoms with Gasteiger partial charge < -0.3 is 19.4 Å². The van der Waals surface area contributed by atoms with E-state index in [0.717, 1.165) is 22.8 Å². The fraction of sp³-hybridized carbons (Fsp3) is 0.353. The van der Waals surface area contributed by atoms with Gasteiger partial charge in [-0.25, -0.2) is 10.9 Å². The number of amides is 1. The van der Waals surface area contributed by atoms with Gasteiger partial charge >= 0.3 is 0 Å². The average Bonchev–Trinajstić information content (AvgIpc) is 3.31. The highest BCUT2D eigenvalue weighted by atomic mass is 16.7. The van der Waals surface area contributed by atoms with E-state index < -0.39 is 0 Å². The van der Waals surface area contributed by atoms with E-state index >= 15 is 0 Å². The third-order valence-corrected chi connectivity index (χ3v) is 4.46. The molecule has 2 unspecified atom stereocenters. The lowest BCUT2D eigenvalue weighted by Crippen LogP contribution is -2.42. The summed E-state index contributed by atoms with van der Waals surface area (Å²) < 4.78 is 12.7. The largest absolute Gasteiger partial charge is 0.454 e. The molecule has 0 radical (unpaired) electrons. The Morgan fingerprint density at radius 1 is 1.29 bits per heavy atom. The van der Waals surface area contributed by atoms with Gasteiger partial charge in [0.25, 0.3) is 0 Å². The van der Waals surface area contributed by atoms with E-state index in [0.29, 0.717) is 13.0 Å². The predicted octanol–water partition coefficient (Wildman–Crippen LogP) is 0.978. The summed E-state index contributed by atoms with van der Waals surface area (Å²) in [5, 5.41) is 2.97. The summed E-state index contributed by atoms with van der Waals surface area (Å²) in [7, 11) is 2.00. The van der Waals surface area contributed by atoms with Gasteiger partial charge in [-0.15, -0.1) is 0 Å². The number of hydrogen-bond donors (Lipinski definition) is 3. The Hall–Kier alpha value is -2.51. The van der Waals surface area contributed by atoms with Gasteiger partial charge in [0.05, 0.1) is 6.04 Å². The zero-order chi connectivity index (χ0) is 16.5. The van der Waals surface area contributed by atoms with Gasteiger partial charge in [0.15, 0.2) is 11.5 Å². The Balaban J connectivity index is 1.33. The molecule has 0 bridgehead atoms. The first-order valence-electron chi connectivity index (χ1n) is 7.99. The summed E-state index contributed by atoms with van der Waals surface area (Å²) in [5.74, 6) is 1.46. The van der Waals surface area contributed by atoms with Gasteiger partial charge in [-0.3, -0.25) is 4.79 Å². The number of ether oxygens (including phenoxy) is 2. The van der Waals surface area contributed by atoms with Gasteiger partial charge in [0.2, 0.25) is 12.7 Å². The number of benzene rings is 1. The zero-order valence-electron chi connectivity index (χ0n) is 13.4. The van der Waals surface area contributed by atoms with Crippen molar-refractivity contribution >= 4 is 5.91 Å². The van der Waals surface area contributed by atoms with Crippen molar-refractivity contribution in [2.24, 2.45) is 7.05 Å². The van der Waals surface area contributed by atoms with Crippen molar-refractivity contribution in [2.75, 3.05) is 6.79 Å². The second-order valence-electron chi connectivity index (χ2n) is 6.08. The maximum absolute atomic E-state index is 12.4. The van der Waals surface area contributed by atoms with Crippen molar-refractivity contribution in [3.8, 4) is 11.5 Å². The molecule has 1 fully saturated rings. The van der Waals surface area contributed by atoms with Crippen molar-refractivity contribution in [3.63, 3.8) is 0 Å². The summed E-state index contributed by atoms with van der Waals surface area (Å²) in [6.45, 7) is 0.714. The Bertz CT molecular complexity index is 758. The molecule has 2 atom stereocenters. The van der Waals surface area contributed by atoms with E-state index in [1.165, 1.54) is 0 Å². The number of hydrogen-bond acceptors (Lipinski definition) is 5. The summed E-state index contributed by atoms with van der Waals surface area (Å²) in [4.78, 5) is 12.4. The summed E-state index contributed by atoms with van der Waals surface area (Å²) in [6, 6.07) is 9.64. The molecule has 126 valence electrons. The van der Waals surface area contributed by atoms with Gasteiger partial charge in [-0.05, 0) is 36.2 Å². The summed E-state index contributed by atoms with van der Waals surface area (Å²) >= 11 is 0. The third-order valence-electron chi connectivity index (χ3n) is 4.46. The molecule has 1 aromatic heterocycles. The molecule has 3 heterocycles. The molecular formula is C17H20N4O3. The van der Waals surface area contributed by atoms with Crippen LogP contribution in [0.15, 0.2) is 36.5 Å². The quantitative estimate of drug-likeness (QED) is 0.780. The minimum absolute atomic E-state index is 0.0168. The third kappa shape index (κ3) is 2.83. The Morgan fingerprint density at radius 3 is 3.00 bits per heavy atom. The molecule has 0 spiro atoms. The van der Waals surface area contributed by atoms with Gasteiger partial charge in [-0.2, -0.15) is 0 Å². The van der Waals surface area contributed by atoms with E-state index in [1.54, 1.807) is 0 Å². The van der Waals surface area contributed by atoms with Crippen molar-refractivity contribution < 1.29 is 14.3 Å². The van der Waals surface area contributed by atoms with Crippen LogP contribution < -0.4 is 25.6 Å². The first kappa shape index (κ1) is 15.0. The van der Waals surface area contributed by atoms with E-state index in [9.17, 15) is 4.79 Å². The minimum Gasteiger partial charge on any atom is -0.454 e. The highest BCUT2D eigenvalue weighted by molar-refractivity contribution is 5.82. The van der Waals surface area contributed by atoms with Crippen LogP contribution in [0.1, 0.15) is 23.7 Å². The van der Waals surface area contributed by atoms with Crippen molar-refractivity contribution in [2.45, 2.75) is 25.0 Å². The molecule has 1 saturated heterocycles. The maximum atomic E-state index is 12.4. The predicted molar refractivity (Wildman–Crippen MR) is 87.2 cm³/mol. The number of carbonyl (C=O) groups is 1. The fourth-order valence-corrected chi connectivity index (χ4v) is 3.12. The number of nitrogens with one attached hydrogen (secondary N) is 3. The molecular weight excluding hydrogens is 308 g/mol. The number of rotatable bonds is 4. The van der Waals surface area contributed by atoms with Gasteiger partial charge in [-0.1, -0.05) is 6.07 Å². The molecule has 0 aliphatic carbocycles. The molecule has 0 saturated carbocycles. The average molecular weight is 328 g/mol. The Morgan fingerprint density at radius 2 is 2.17 bits per heavy atom. The maximum Gasteiger partial charge on any atom is 0.238 e. The number of aryl methyl sites for hydroxylation is 1. The van der Waals surface area contributed by atoms with Crippen LogP contribution in [-0.2, 0) is 18.4 Å². The molecule has 2 aliphatic rings. The molecule has 7 heteroatoms. The molecule has 3 N–H and O–H groups in total. The van der Waals surface area contributed by atoms with Crippen LogP contribution in [0.4, 0.5) is 0 Å². The lowest BCUT2D eigenvalue weighted by Gasteiger charge is -2.11. The normalized spacial score (nSPS) is 21.9. The second-order valence-corrected chi connectivity index (χ2v) is 6.08. The monoisotopic (exact) mass is 328 g/mol. The molecule has 2 aromatic rings. The summed E-state index contributed by atoms with van der Waals surface area (Å²) in [5.41, 5.74) is 8.42. The fourth-order valence-electron chi connectivity index (χ4n) is 3.12. The van der Waals surface area contributed by atoms with Crippen LogP contribution in [0.3, 0.4) is 0 Å². The Kier molecular flexibility index (Phi) is 3.87. The van der Waals surface area contributed by atoms with Crippen molar-refractivity contribution in [1.82, 2.24) is 20.7 Å². The van der Waals surface area contributed by atoms with Crippen molar-refractivity contribution in [1.29, 1.82) is 0 Å². The lowest BCUT2D eigenvalue weighted by atomic mass is 10.1. The number of aromatic nitrogens is 1. The topological polar surface area (TPSA) is 76.6 Å². The molecule has 2 aliphatic heterocycles. The van der Waals surface area contributed by atoms with E-state index in [2.05, 4.69) is 26.8 Å². The van der Waals surface area contributed by atoms with Crippen LogP contribution in [0.5, 0.6) is 11.5 Å². The highest BCUT2D eigenvalue weighted by Gasteiger charge is 2.31. The zero-order valence-corrected chi connectivity index (χ0v) is 13.4. The summed E-state index contributed by atoms with van der Waals surface area (Å²) in [6.07, 6.45) is 2.72. The first-order valence-corrected chi connectivity index (χ1v) is 7.99. The van der Waals surface area contributed by atoms with Crippen LogP contribution in [0.25, 0.3) is 0 Å². The standard InChI is InChI=1S/C17H20N4O3/c1-21-6-2-3-14(21)12-8-13(20-19-12)17(22)18-9-11-4-5-15-16(7-11)24-10-23-15/h2-7,12-13,19-20H,8-10H2,1H3,(H,18,22). The van der Waals surface area contributed by atoms with Crippen LogP contribution >= 0.6 is 0 Å². The number of hydrazine groups is 1. The molecule has 24 heavy (non-hydrogen) atoms. The van der Waals surface area contributed by atoms with Gasteiger partial charge in [0, 0.05) is 25.5 Å². The van der Waals surface area contributed by atoms with Crippen LogP contribution in [0.2, 0.25) is 0 Å². The lowest BCUT2D eigenvalue weighted by molar-refractivity contribution is -0.123. The smallest absolute Gasteiger partial charge is 0.238 e. The molecule has 4 rings (SSSR count). The Labute approximate surface area is 139 Å². The van der Waals surface area contributed by atoms with Gasteiger partial charge in [0.1, 0.15) is 6.04 Å². The van der Waals surface area contributed by atoms with E-state index in [1.807, 2.05) is 37.5 Å². The highest BCUT2D eigenvalue weighted by Crippen LogP contribution is 2.32. The number of nitrogens with zero attached hydrogens (tertiary/aromatic N) is 1. The second kappa shape index (κ2) is 6.18. The first-order chi connectivity index (χ1) is 11.7. The molecule has 7 nitrogen and oxygen atoms in total. The molecule has 1 aromatic carbocycles. The minimum atomic E-state index is -0.251. The van der Waals surface area contributed by atoms with Crippen LogP contribution in [-0.4, -0.2) is 23.3 Å². The van der Waals surface area contributed by atoms with Crippen LogP contribution in [0, 0.1) is 0 Å². The molecule has 1 amide bonds. The van der Waals surface area contributed by atoms with E-state index in [-0.39, 0.29) is 24.8 Å². The number of fused-ring (bicyclic) bond motifs is 1. The SMILES string of the molecule is Cn1cccc1C1CC(C(=O)NCc2ccc3c(c2)OCO3)NN1. The van der Waals surface area contributed by atoms with Crippen molar-refractivity contribution in [3.05, 3.63) is 47.8 Å². The number of carbonyl (C=O) groups excluding carboxylic acids is 1.